The van der Waals surface area contributed by atoms with E-state index in [1.165, 1.54) is 29.2 Å². The van der Waals surface area contributed by atoms with E-state index in [0.29, 0.717) is 27.2 Å². The molecule has 4 aromatic rings. The topological polar surface area (TPSA) is 107 Å². The molecule has 2 saturated heterocycles. The van der Waals surface area contributed by atoms with Crippen LogP contribution < -0.4 is 5.43 Å². The number of benzene rings is 4. The van der Waals surface area contributed by atoms with Gasteiger partial charge in [-0.05, 0) is 98.3 Å². The fourth-order valence-electron chi connectivity index (χ4n) is 9.22. The van der Waals surface area contributed by atoms with E-state index in [1.54, 1.807) is 36.4 Å². The first kappa shape index (κ1) is 32.2. The maximum absolute atomic E-state index is 15.4. The van der Waals surface area contributed by atoms with E-state index in [2.05, 4.69) is 5.43 Å². The van der Waals surface area contributed by atoms with Crippen molar-refractivity contribution >= 4 is 51.7 Å². The molecule has 0 spiro atoms. The number of fused-ring (bicyclic) bond motifs is 5. The van der Waals surface area contributed by atoms with Gasteiger partial charge >= 0.3 is 0 Å². The number of carbonyl (C=O) groups is 4. The highest BCUT2D eigenvalue weighted by Gasteiger charge is 2.71. The Morgan fingerprint density at radius 1 is 0.860 bits per heavy atom. The molecule has 10 heteroatoms. The summed E-state index contributed by atoms with van der Waals surface area (Å²) >= 11 is 6.38. The fraction of sp³-hybridized carbons (Fsp3) is 0.300. The molecule has 3 fully saturated rings. The van der Waals surface area contributed by atoms with Crippen molar-refractivity contribution in [3.05, 3.63) is 119 Å². The van der Waals surface area contributed by atoms with E-state index in [0.717, 1.165) is 16.0 Å². The van der Waals surface area contributed by atoms with Gasteiger partial charge in [0, 0.05) is 22.0 Å². The van der Waals surface area contributed by atoms with Gasteiger partial charge in [0.1, 0.15) is 11.6 Å². The number of rotatable bonds is 4. The first-order chi connectivity index (χ1) is 23.8. The van der Waals surface area contributed by atoms with Crippen molar-refractivity contribution in [2.75, 3.05) is 5.43 Å². The number of amides is 4. The zero-order valence-corrected chi connectivity index (χ0v) is 28.4. The van der Waals surface area contributed by atoms with Crippen LogP contribution in [-0.4, -0.2) is 44.2 Å². The number of halogens is 2. The van der Waals surface area contributed by atoms with E-state index in [9.17, 15) is 23.9 Å². The van der Waals surface area contributed by atoms with Crippen molar-refractivity contribution in [1.82, 2.24) is 9.91 Å². The Balaban J connectivity index is 1.41. The summed E-state index contributed by atoms with van der Waals surface area (Å²) < 4.78 is 13.9. The zero-order valence-electron chi connectivity index (χ0n) is 27.7. The number of nitrogens with zero attached hydrogens (tertiary/aromatic N) is 2. The van der Waals surface area contributed by atoms with Crippen LogP contribution in [0.2, 0.25) is 5.02 Å². The number of hydrogen-bond donors (Lipinski definition) is 2. The smallest absolute Gasteiger partial charge is 0.260 e. The number of phenolic OH excluding ortho intramolecular Hbond substituents is 1. The highest BCUT2D eigenvalue weighted by atomic mass is 35.5. The molecule has 0 aromatic heterocycles. The molecular weight excluding hydrogens is 657 g/mol. The number of carbonyl (C=O) groups excluding carboxylic acids is 4. The predicted molar refractivity (Wildman–Crippen MR) is 186 cm³/mol. The molecule has 8 rings (SSSR count). The van der Waals surface area contributed by atoms with Crippen LogP contribution in [-0.2, 0) is 24.6 Å². The number of allylic oxidation sites excluding steroid dienone is 2. The SMILES string of the molecule is CC(C)(C)N1C(=O)C2CC=C3C(CC4C(=O)N(Nc5ccc(F)cc5)C(=O)C4(c4ccc(Cl)cc4)C3c3c(O)ccc4ccccc34)C2C1=O. The first-order valence-corrected chi connectivity index (χ1v) is 17.2. The summed E-state index contributed by atoms with van der Waals surface area (Å²) in [5.74, 6) is -5.99. The Bertz CT molecular complexity index is 2140. The summed E-state index contributed by atoms with van der Waals surface area (Å²) in [6.45, 7) is 5.49. The van der Waals surface area contributed by atoms with E-state index in [4.69, 9.17) is 11.6 Å². The molecule has 4 aromatic carbocycles. The molecule has 4 amide bonds. The quantitative estimate of drug-likeness (QED) is 0.174. The predicted octanol–water partition coefficient (Wildman–Crippen LogP) is 7.12. The van der Waals surface area contributed by atoms with Gasteiger partial charge < -0.3 is 5.11 Å². The lowest BCUT2D eigenvalue weighted by Gasteiger charge is -2.51. The highest BCUT2D eigenvalue weighted by Crippen LogP contribution is 2.65. The lowest BCUT2D eigenvalue weighted by Crippen LogP contribution is -2.53. The number of phenols is 1. The molecule has 1 saturated carbocycles. The van der Waals surface area contributed by atoms with Crippen LogP contribution in [0.1, 0.15) is 50.7 Å². The standard InChI is InChI=1S/C40H35ClFN3O5/c1-39(2,3)44-35(47)28-18-17-27-29(32(28)37(44)49)20-30-36(48)45(43-25-15-13-24(42)14-16-25)38(50)40(30,22-9-11-23(41)12-10-22)34(27)33-26-7-5-4-6-21(26)8-19-31(33)46/h4-17,19,28-30,32,34,43,46H,18,20H2,1-3H3. The Morgan fingerprint density at radius 2 is 1.56 bits per heavy atom. The van der Waals surface area contributed by atoms with Crippen molar-refractivity contribution in [3.8, 4) is 5.75 Å². The number of aromatic hydroxyl groups is 1. The van der Waals surface area contributed by atoms with Crippen molar-refractivity contribution < 1.29 is 28.7 Å². The molecule has 6 atom stereocenters. The molecule has 2 aliphatic heterocycles. The summed E-state index contributed by atoms with van der Waals surface area (Å²) in [5, 5.41) is 14.8. The van der Waals surface area contributed by atoms with Gasteiger partial charge in [-0.1, -0.05) is 65.7 Å². The van der Waals surface area contributed by atoms with Crippen molar-refractivity contribution in [1.29, 1.82) is 0 Å². The van der Waals surface area contributed by atoms with E-state index in [-0.39, 0.29) is 30.4 Å². The third-order valence-electron chi connectivity index (χ3n) is 11.2. The summed E-state index contributed by atoms with van der Waals surface area (Å²) in [4.78, 5) is 59.7. The monoisotopic (exact) mass is 691 g/mol. The molecule has 0 bridgehead atoms. The number of imide groups is 2. The summed E-state index contributed by atoms with van der Waals surface area (Å²) in [6.07, 6.45) is 2.36. The molecule has 254 valence electrons. The Hall–Kier alpha value is -5.02. The van der Waals surface area contributed by atoms with Gasteiger partial charge in [-0.3, -0.25) is 29.5 Å². The molecule has 50 heavy (non-hydrogen) atoms. The van der Waals surface area contributed by atoms with Gasteiger partial charge in [-0.2, -0.15) is 5.01 Å². The number of hydrogen-bond acceptors (Lipinski definition) is 6. The van der Waals surface area contributed by atoms with Gasteiger partial charge in [0.05, 0.1) is 28.9 Å². The third-order valence-corrected chi connectivity index (χ3v) is 11.4. The van der Waals surface area contributed by atoms with Crippen molar-refractivity contribution in [3.63, 3.8) is 0 Å². The number of nitrogens with one attached hydrogen (secondary N) is 1. The van der Waals surface area contributed by atoms with Crippen LogP contribution in [0.4, 0.5) is 10.1 Å². The van der Waals surface area contributed by atoms with Crippen LogP contribution in [0.5, 0.6) is 5.75 Å². The van der Waals surface area contributed by atoms with Gasteiger partial charge in [0.25, 0.3) is 11.8 Å². The van der Waals surface area contributed by atoms with E-state index >= 15 is 4.79 Å². The Morgan fingerprint density at radius 3 is 2.26 bits per heavy atom. The average Bonchev–Trinajstić information content (AvgIpc) is 3.47. The molecule has 2 heterocycles. The van der Waals surface area contributed by atoms with E-state index in [1.807, 2.05) is 51.1 Å². The molecule has 2 aliphatic carbocycles. The van der Waals surface area contributed by atoms with Gasteiger partial charge in [0.15, 0.2) is 0 Å². The molecule has 6 unspecified atom stereocenters. The first-order valence-electron chi connectivity index (χ1n) is 16.8. The normalized spacial score (nSPS) is 27.7. The number of anilines is 1. The van der Waals surface area contributed by atoms with Crippen LogP contribution in [0.25, 0.3) is 10.8 Å². The summed E-state index contributed by atoms with van der Waals surface area (Å²) in [7, 11) is 0. The highest BCUT2D eigenvalue weighted by molar-refractivity contribution is 6.30. The number of likely N-dealkylation sites (tertiary alicyclic amines) is 1. The maximum Gasteiger partial charge on any atom is 0.260 e. The van der Waals surface area contributed by atoms with Crippen molar-refractivity contribution in [2.45, 2.75) is 50.5 Å². The molecular formula is C40H35ClFN3O5. The Labute approximate surface area is 293 Å². The summed E-state index contributed by atoms with van der Waals surface area (Å²) in [5.41, 5.74) is 2.67. The second-order valence-electron chi connectivity index (χ2n) is 14.8. The molecule has 8 nitrogen and oxygen atoms in total. The van der Waals surface area contributed by atoms with Crippen LogP contribution in [0, 0.1) is 29.5 Å². The largest absolute Gasteiger partial charge is 0.508 e. The third kappa shape index (κ3) is 4.48. The Kier molecular flexibility index (Phi) is 7.25. The molecule has 2 N–H and O–H groups in total. The van der Waals surface area contributed by atoms with Crippen molar-refractivity contribution in [2.24, 2.45) is 23.7 Å². The lowest BCUT2D eigenvalue weighted by molar-refractivity contribution is -0.146. The minimum absolute atomic E-state index is 0.0557. The van der Waals surface area contributed by atoms with Crippen LogP contribution >= 0.6 is 11.6 Å². The minimum atomic E-state index is -1.60. The molecule has 4 aliphatic rings. The van der Waals surface area contributed by atoms with Gasteiger partial charge in [-0.25, -0.2) is 4.39 Å². The van der Waals surface area contributed by atoms with Gasteiger partial charge in [-0.15, -0.1) is 0 Å². The van der Waals surface area contributed by atoms with Crippen LogP contribution in [0.3, 0.4) is 0 Å². The fourth-order valence-corrected chi connectivity index (χ4v) is 9.34. The average molecular weight is 692 g/mol. The minimum Gasteiger partial charge on any atom is -0.508 e. The number of hydrazine groups is 1. The second-order valence-corrected chi connectivity index (χ2v) is 15.2. The van der Waals surface area contributed by atoms with Crippen LogP contribution in [0.15, 0.2) is 96.6 Å². The molecule has 0 radical (unpaired) electrons. The van der Waals surface area contributed by atoms with E-state index < -0.39 is 58.2 Å². The lowest BCUT2D eigenvalue weighted by atomic mass is 9.48. The second kappa shape index (κ2) is 11.3. The maximum atomic E-state index is 15.4. The zero-order chi connectivity index (χ0) is 35.3. The van der Waals surface area contributed by atoms with Gasteiger partial charge in [0.2, 0.25) is 11.8 Å². The summed E-state index contributed by atoms with van der Waals surface area (Å²) in [6, 6.07) is 23.1.